The van der Waals surface area contributed by atoms with E-state index >= 15 is 0 Å². The van der Waals surface area contributed by atoms with Crippen molar-refractivity contribution in [3.8, 4) is 5.88 Å². The summed E-state index contributed by atoms with van der Waals surface area (Å²) < 4.78 is 10.9. The van der Waals surface area contributed by atoms with Crippen LogP contribution in [0.5, 0.6) is 5.88 Å². The highest BCUT2D eigenvalue weighted by Crippen LogP contribution is 2.21. The normalized spacial score (nSPS) is 18.1. The van der Waals surface area contributed by atoms with Crippen LogP contribution in [0.25, 0.3) is 0 Å². The minimum Gasteiger partial charge on any atom is -0.477 e. The zero-order valence-corrected chi connectivity index (χ0v) is 12.9. The number of carbonyl (C=O) groups excluding carboxylic acids is 1. The molecule has 2 heterocycles. The van der Waals surface area contributed by atoms with Crippen LogP contribution in [-0.2, 0) is 4.74 Å². The predicted molar refractivity (Wildman–Crippen MR) is 78.0 cm³/mol. The first kappa shape index (κ1) is 16.1. The average Bonchev–Trinajstić information content (AvgIpc) is 2.86. The molecule has 0 radical (unpaired) electrons. The van der Waals surface area contributed by atoms with Crippen molar-refractivity contribution in [2.45, 2.75) is 38.9 Å². The van der Waals surface area contributed by atoms with Gasteiger partial charge < -0.3 is 19.5 Å². The van der Waals surface area contributed by atoms with Crippen LogP contribution in [0.4, 0.5) is 4.79 Å². The Kier molecular flexibility index (Phi) is 4.54. The van der Waals surface area contributed by atoms with E-state index in [0.717, 1.165) is 0 Å². The Morgan fingerprint density at radius 3 is 2.77 bits per heavy atom. The Balaban J connectivity index is 1.97. The number of carboxylic acid groups (broad SMARTS) is 1. The Morgan fingerprint density at radius 2 is 2.14 bits per heavy atom. The van der Waals surface area contributed by atoms with Crippen molar-refractivity contribution in [3.63, 3.8) is 0 Å². The minimum atomic E-state index is -1.09. The topological polar surface area (TPSA) is 89.0 Å². The van der Waals surface area contributed by atoms with Gasteiger partial charge in [0.1, 0.15) is 17.3 Å². The molecule has 1 aliphatic heterocycles. The van der Waals surface area contributed by atoms with Crippen molar-refractivity contribution in [3.05, 3.63) is 23.9 Å². The molecule has 7 nitrogen and oxygen atoms in total. The molecular formula is C15H20N2O5. The highest BCUT2D eigenvalue weighted by Gasteiger charge is 2.31. The summed E-state index contributed by atoms with van der Waals surface area (Å²) in [5.74, 6) is -1.02. The Bertz CT molecular complexity index is 567. The molecule has 1 amide bonds. The lowest BCUT2D eigenvalue weighted by Crippen LogP contribution is -2.36. The van der Waals surface area contributed by atoms with Gasteiger partial charge in [-0.05, 0) is 32.9 Å². The lowest BCUT2D eigenvalue weighted by Gasteiger charge is -2.24. The van der Waals surface area contributed by atoms with E-state index in [2.05, 4.69) is 4.98 Å². The van der Waals surface area contributed by atoms with Gasteiger partial charge in [-0.1, -0.05) is 0 Å². The number of aromatic nitrogens is 1. The minimum absolute atomic E-state index is 0.0122. The number of pyridine rings is 1. The molecule has 22 heavy (non-hydrogen) atoms. The van der Waals surface area contributed by atoms with Crippen LogP contribution in [0.2, 0.25) is 0 Å². The molecular weight excluding hydrogens is 288 g/mol. The number of ether oxygens (including phenoxy) is 2. The lowest BCUT2D eigenvalue weighted by atomic mass is 10.2. The Labute approximate surface area is 128 Å². The van der Waals surface area contributed by atoms with Crippen molar-refractivity contribution < 1.29 is 24.2 Å². The number of likely N-dealkylation sites (tertiary alicyclic amines) is 1. The van der Waals surface area contributed by atoms with Crippen molar-refractivity contribution in [2.24, 2.45) is 0 Å². The van der Waals surface area contributed by atoms with Gasteiger partial charge in [-0.2, -0.15) is 0 Å². The molecule has 1 saturated heterocycles. The summed E-state index contributed by atoms with van der Waals surface area (Å²) >= 11 is 0. The monoisotopic (exact) mass is 308 g/mol. The summed E-state index contributed by atoms with van der Waals surface area (Å²) in [7, 11) is 0. The molecule has 0 saturated carbocycles. The molecule has 120 valence electrons. The van der Waals surface area contributed by atoms with Gasteiger partial charge in [0.15, 0.2) is 0 Å². The van der Waals surface area contributed by atoms with Gasteiger partial charge in [0.05, 0.1) is 6.54 Å². The first-order valence-electron chi connectivity index (χ1n) is 7.09. The van der Waals surface area contributed by atoms with Crippen molar-refractivity contribution in [2.75, 3.05) is 13.1 Å². The SMILES string of the molecule is CC(C)(C)OC(=O)N1CC[C@H](Oc2ncccc2C(=O)O)C1. The number of rotatable bonds is 3. The molecule has 0 spiro atoms. The second-order valence-electron chi connectivity index (χ2n) is 6.12. The van der Waals surface area contributed by atoms with Crippen LogP contribution < -0.4 is 4.74 Å². The maximum Gasteiger partial charge on any atom is 0.410 e. The molecule has 7 heteroatoms. The summed E-state index contributed by atoms with van der Waals surface area (Å²) in [5, 5.41) is 9.10. The third-order valence-electron chi connectivity index (χ3n) is 3.08. The van der Waals surface area contributed by atoms with Crippen LogP contribution >= 0.6 is 0 Å². The number of hydrogen-bond donors (Lipinski definition) is 1. The molecule has 1 N–H and O–H groups in total. The highest BCUT2D eigenvalue weighted by molar-refractivity contribution is 5.90. The molecule has 0 aromatic carbocycles. The number of carbonyl (C=O) groups is 2. The third kappa shape index (κ3) is 4.09. The number of amides is 1. The van der Waals surface area contributed by atoms with E-state index in [1.165, 1.54) is 18.3 Å². The molecule has 0 unspecified atom stereocenters. The van der Waals surface area contributed by atoms with Crippen LogP contribution in [0.1, 0.15) is 37.6 Å². The zero-order chi connectivity index (χ0) is 16.3. The molecule has 0 aliphatic carbocycles. The molecule has 1 aromatic rings. The van der Waals surface area contributed by atoms with Crippen LogP contribution in [-0.4, -0.2) is 51.8 Å². The molecule has 1 aliphatic rings. The van der Waals surface area contributed by atoms with Gasteiger partial charge in [-0.3, -0.25) is 0 Å². The summed E-state index contributed by atoms with van der Waals surface area (Å²) in [4.78, 5) is 28.6. The van der Waals surface area contributed by atoms with E-state index in [4.69, 9.17) is 14.6 Å². The molecule has 1 atom stereocenters. The van der Waals surface area contributed by atoms with Crippen LogP contribution in [0, 0.1) is 0 Å². The quantitative estimate of drug-likeness (QED) is 0.920. The number of nitrogens with zero attached hydrogens (tertiary/aromatic N) is 2. The lowest BCUT2D eigenvalue weighted by molar-refractivity contribution is 0.0273. The smallest absolute Gasteiger partial charge is 0.410 e. The van der Waals surface area contributed by atoms with Crippen LogP contribution in [0.3, 0.4) is 0 Å². The van der Waals surface area contributed by atoms with Crippen LogP contribution in [0.15, 0.2) is 18.3 Å². The van der Waals surface area contributed by atoms with Gasteiger partial charge in [0.2, 0.25) is 5.88 Å². The average molecular weight is 308 g/mol. The van der Waals surface area contributed by atoms with Gasteiger partial charge in [-0.25, -0.2) is 14.6 Å². The zero-order valence-electron chi connectivity index (χ0n) is 12.9. The number of aromatic carboxylic acids is 1. The summed E-state index contributed by atoms with van der Waals surface area (Å²) in [6.07, 6.45) is 1.40. The predicted octanol–water partition coefficient (Wildman–Crippen LogP) is 2.17. The van der Waals surface area contributed by atoms with E-state index in [-0.39, 0.29) is 17.5 Å². The molecule has 1 aromatic heterocycles. The maximum atomic E-state index is 12.0. The molecule has 1 fully saturated rings. The largest absolute Gasteiger partial charge is 0.477 e. The number of hydrogen-bond acceptors (Lipinski definition) is 5. The van der Waals surface area contributed by atoms with Crippen molar-refractivity contribution in [1.29, 1.82) is 0 Å². The standard InChI is InChI=1S/C15H20N2O5/c1-15(2,3)22-14(20)17-8-6-10(9-17)21-12-11(13(18)19)5-4-7-16-12/h4-5,7,10H,6,8-9H2,1-3H3,(H,18,19)/t10-/m0/s1. The third-order valence-corrected chi connectivity index (χ3v) is 3.08. The summed E-state index contributed by atoms with van der Waals surface area (Å²) in [5.41, 5.74) is -0.536. The summed E-state index contributed by atoms with van der Waals surface area (Å²) in [6.45, 7) is 6.28. The fourth-order valence-corrected chi connectivity index (χ4v) is 2.12. The van der Waals surface area contributed by atoms with Gasteiger partial charge >= 0.3 is 12.1 Å². The van der Waals surface area contributed by atoms with E-state index in [1.807, 2.05) is 20.8 Å². The summed E-state index contributed by atoms with van der Waals surface area (Å²) in [6, 6.07) is 2.98. The van der Waals surface area contributed by atoms with E-state index < -0.39 is 17.7 Å². The fraction of sp³-hybridized carbons (Fsp3) is 0.533. The second-order valence-corrected chi connectivity index (χ2v) is 6.12. The maximum absolute atomic E-state index is 12.0. The second kappa shape index (κ2) is 6.21. The fourth-order valence-electron chi connectivity index (χ4n) is 2.12. The molecule has 2 rings (SSSR count). The molecule has 0 bridgehead atoms. The van der Waals surface area contributed by atoms with Crippen molar-refractivity contribution in [1.82, 2.24) is 9.88 Å². The Hall–Kier alpha value is -2.31. The highest BCUT2D eigenvalue weighted by atomic mass is 16.6. The van der Waals surface area contributed by atoms with E-state index in [9.17, 15) is 9.59 Å². The number of carboxylic acids is 1. The van der Waals surface area contributed by atoms with Gasteiger partial charge in [0.25, 0.3) is 0 Å². The van der Waals surface area contributed by atoms with Gasteiger partial charge in [0, 0.05) is 19.2 Å². The first-order chi connectivity index (χ1) is 10.3. The van der Waals surface area contributed by atoms with E-state index in [0.29, 0.717) is 19.5 Å². The Morgan fingerprint density at radius 1 is 1.41 bits per heavy atom. The van der Waals surface area contributed by atoms with E-state index in [1.54, 1.807) is 4.90 Å². The van der Waals surface area contributed by atoms with Gasteiger partial charge in [-0.15, -0.1) is 0 Å². The first-order valence-corrected chi connectivity index (χ1v) is 7.09. The van der Waals surface area contributed by atoms with Crippen molar-refractivity contribution >= 4 is 12.1 Å².